The molecule has 2 rings (SSSR count). The third kappa shape index (κ3) is 3.77. The van der Waals surface area contributed by atoms with Gasteiger partial charge in [0.1, 0.15) is 6.10 Å². The molecule has 1 saturated heterocycles. The molecule has 1 heterocycles. The zero-order valence-corrected chi connectivity index (χ0v) is 15.6. The van der Waals surface area contributed by atoms with Crippen LogP contribution in [0.3, 0.4) is 0 Å². The van der Waals surface area contributed by atoms with Crippen LogP contribution in [0.1, 0.15) is 63.9 Å². The fourth-order valence-corrected chi connectivity index (χ4v) is 3.13. The van der Waals surface area contributed by atoms with Crippen LogP contribution < -0.4 is 0 Å². The molecule has 1 aromatic rings. The molecule has 1 aliphatic rings. The molecule has 0 saturated carbocycles. The van der Waals surface area contributed by atoms with E-state index in [0.717, 1.165) is 13.0 Å². The minimum absolute atomic E-state index is 0.0176. The first kappa shape index (κ1) is 18.0. The van der Waals surface area contributed by atoms with Crippen molar-refractivity contribution < 1.29 is 9.53 Å². The second-order valence-electron chi connectivity index (χ2n) is 8.42. The Labute approximate surface area is 141 Å². The van der Waals surface area contributed by atoms with Gasteiger partial charge in [0, 0.05) is 18.0 Å². The third-order valence-corrected chi connectivity index (χ3v) is 5.65. The summed E-state index contributed by atoms with van der Waals surface area (Å²) in [6.07, 6.45) is 0.878. The molecule has 2 unspecified atom stereocenters. The molecule has 1 aliphatic heterocycles. The molecule has 0 N–H and O–H groups in total. The van der Waals surface area contributed by atoms with Gasteiger partial charge in [0.05, 0.1) is 5.56 Å². The molecule has 3 heteroatoms. The summed E-state index contributed by atoms with van der Waals surface area (Å²) in [6, 6.07) is 7.82. The molecule has 0 amide bonds. The second-order valence-corrected chi connectivity index (χ2v) is 8.42. The predicted octanol–water partition coefficient (Wildman–Crippen LogP) is 4.26. The number of hydrogen-bond acceptors (Lipinski definition) is 3. The topological polar surface area (TPSA) is 29.5 Å². The minimum Gasteiger partial charge on any atom is -0.458 e. The number of piperidine rings is 1. The number of hydrogen-bond donors (Lipinski definition) is 0. The Hall–Kier alpha value is -1.35. The first-order valence-corrected chi connectivity index (χ1v) is 8.56. The number of esters is 1. The van der Waals surface area contributed by atoms with Crippen LogP contribution in [0.25, 0.3) is 0 Å². The lowest BCUT2D eigenvalue weighted by atomic mass is 9.79. The van der Waals surface area contributed by atoms with Crippen molar-refractivity contribution >= 4 is 5.97 Å². The van der Waals surface area contributed by atoms with E-state index in [9.17, 15) is 4.79 Å². The van der Waals surface area contributed by atoms with Gasteiger partial charge in [-0.1, -0.05) is 39.8 Å². The number of nitrogens with zero attached hydrogens (tertiary/aromatic N) is 1. The van der Waals surface area contributed by atoms with Crippen molar-refractivity contribution in [2.45, 2.75) is 65.0 Å². The molecule has 0 bridgehead atoms. The molecule has 0 aromatic heterocycles. The van der Waals surface area contributed by atoms with E-state index in [-0.39, 0.29) is 23.0 Å². The average molecular weight is 317 g/mol. The van der Waals surface area contributed by atoms with Crippen LogP contribution in [0, 0.1) is 5.92 Å². The van der Waals surface area contributed by atoms with Gasteiger partial charge in [0.25, 0.3) is 0 Å². The van der Waals surface area contributed by atoms with Crippen molar-refractivity contribution in [3.05, 3.63) is 35.4 Å². The highest BCUT2D eigenvalue weighted by atomic mass is 16.5. The van der Waals surface area contributed by atoms with Gasteiger partial charge in [-0.05, 0) is 50.4 Å². The number of likely N-dealkylation sites (tertiary alicyclic amines) is 1. The molecule has 1 fully saturated rings. The van der Waals surface area contributed by atoms with Gasteiger partial charge < -0.3 is 9.64 Å². The maximum Gasteiger partial charge on any atom is 0.338 e. The lowest BCUT2D eigenvalue weighted by molar-refractivity contribution is -0.0564. The lowest BCUT2D eigenvalue weighted by Gasteiger charge is -2.48. The van der Waals surface area contributed by atoms with Gasteiger partial charge in [0.2, 0.25) is 0 Å². The van der Waals surface area contributed by atoms with Gasteiger partial charge in [-0.2, -0.15) is 0 Å². The number of carbonyl (C=O) groups excluding carboxylic acids is 1. The largest absolute Gasteiger partial charge is 0.458 e. The molecule has 23 heavy (non-hydrogen) atoms. The van der Waals surface area contributed by atoms with Crippen LogP contribution >= 0.6 is 0 Å². The van der Waals surface area contributed by atoms with Crippen LogP contribution in [0.4, 0.5) is 0 Å². The Morgan fingerprint density at radius 1 is 1.22 bits per heavy atom. The normalized spacial score (nSPS) is 25.2. The fraction of sp³-hybridized carbons (Fsp3) is 0.650. The van der Waals surface area contributed by atoms with Gasteiger partial charge in [-0.25, -0.2) is 4.79 Å². The van der Waals surface area contributed by atoms with E-state index in [1.165, 1.54) is 5.56 Å². The monoisotopic (exact) mass is 317 g/mol. The number of carbonyl (C=O) groups is 1. The van der Waals surface area contributed by atoms with Crippen molar-refractivity contribution in [1.82, 2.24) is 4.90 Å². The second kappa shape index (κ2) is 6.27. The van der Waals surface area contributed by atoms with E-state index in [1.54, 1.807) is 0 Å². The fourth-order valence-electron chi connectivity index (χ4n) is 3.13. The lowest BCUT2D eigenvalue weighted by Crippen LogP contribution is -2.56. The molecule has 128 valence electrons. The van der Waals surface area contributed by atoms with E-state index in [4.69, 9.17) is 4.74 Å². The maximum atomic E-state index is 12.5. The highest BCUT2D eigenvalue weighted by molar-refractivity contribution is 5.89. The number of ether oxygens (including phenoxy) is 1. The SMILES string of the molecule is CC1C(OC(=O)c2ccc(C(C)(C)C)cc2)CCN(C)C1(C)C. The summed E-state index contributed by atoms with van der Waals surface area (Å²) in [5.74, 6) is 0.0988. The van der Waals surface area contributed by atoms with E-state index in [2.05, 4.69) is 53.5 Å². The summed E-state index contributed by atoms with van der Waals surface area (Å²) in [5.41, 5.74) is 2.00. The van der Waals surface area contributed by atoms with Crippen molar-refractivity contribution in [3.63, 3.8) is 0 Å². The number of rotatable bonds is 2. The molecular formula is C20H31NO2. The average Bonchev–Trinajstić information content (AvgIpc) is 2.47. The van der Waals surface area contributed by atoms with Gasteiger partial charge in [0.15, 0.2) is 0 Å². The van der Waals surface area contributed by atoms with Crippen molar-refractivity contribution in [3.8, 4) is 0 Å². The van der Waals surface area contributed by atoms with Crippen LogP contribution in [0.2, 0.25) is 0 Å². The first-order valence-electron chi connectivity index (χ1n) is 8.56. The maximum absolute atomic E-state index is 12.5. The van der Waals surface area contributed by atoms with E-state index in [1.807, 2.05) is 24.3 Å². The highest BCUT2D eigenvalue weighted by Crippen LogP contribution is 2.34. The summed E-state index contributed by atoms with van der Waals surface area (Å²) < 4.78 is 5.83. The van der Waals surface area contributed by atoms with Crippen LogP contribution in [-0.4, -0.2) is 36.1 Å². The van der Waals surface area contributed by atoms with Crippen molar-refractivity contribution in [2.24, 2.45) is 5.92 Å². The molecule has 0 aliphatic carbocycles. The van der Waals surface area contributed by atoms with Crippen molar-refractivity contribution in [1.29, 1.82) is 0 Å². The van der Waals surface area contributed by atoms with Crippen LogP contribution in [0.5, 0.6) is 0 Å². The van der Waals surface area contributed by atoms with E-state index in [0.29, 0.717) is 11.5 Å². The summed E-state index contributed by atoms with van der Waals surface area (Å²) in [5, 5.41) is 0. The van der Waals surface area contributed by atoms with Gasteiger partial charge in [-0.3, -0.25) is 0 Å². The zero-order chi connectivity index (χ0) is 17.4. The van der Waals surface area contributed by atoms with E-state index < -0.39 is 0 Å². The molecule has 0 spiro atoms. The molecule has 1 aromatic carbocycles. The van der Waals surface area contributed by atoms with Crippen LogP contribution in [-0.2, 0) is 10.2 Å². The molecular weight excluding hydrogens is 286 g/mol. The number of benzene rings is 1. The summed E-state index contributed by atoms with van der Waals surface area (Å²) in [4.78, 5) is 14.8. The molecule has 2 atom stereocenters. The quantitative estimate of drug-likeness (QED) is 0.763. The van der Waals surface area contributed by atoms with Gasteiger partial charge in [-0.15, -0.1) is 0 Å². The third-order valence-electron chi connectivity index (χ3n) is 5.65. The summed E-state index contributed by atoms with van der Waals surface area (Å²) >= 11 is 0. The van der Waals surface area contributed by atoms with E-state index >= 15 is 0 Å². The molecule has 3 nitrogen and oxygen atoms in total. The summed E-state index contributed by atoms with van der Waals surface area (Å²) in [7, 11) is 2.14. The smallest absolute Gasteiger partial charge is 0.338 e. The highest BCUT2D eigenvalue weighted by Gasteiger charge is 2.41. The zero-order valence-electron chi connectivity index (χ0n) is 15.6. The minimum atomic E-state index is -0.206. The van der Waals surface area contributed by atoms with Gasteiger partial charge >= 0.3 is 5.97 Å². The summed E-state index contributed by atoms with van der Waals surface area (Å²) in [6.45, 7) is 14.1. The Kier molecular flexibility index (Phi) is 4.91. The first-order chi connectivity index (χ1) is 10.5. The van der Waals surface area contributed by atoms with Crippen LogP contribution in [0.15, 0.2) is 24.3 Å². The standard InChI is InChI=1S/C20H31NO2/c1-14-17(12-13-21(7)20(14,5)6)23-18(22)15-8-10-16(11-9-15)19(2,3)4/h8-11,14,17H,12-13H2,1-7H3. The Balaban J connectivity index is 2.07. The predicted molar refractivity (Wildman–Crippen MR) is 94.8 cm³/mol. The Morgan fingerprint density at radius 3 is 2.30 bits per heavy atom. The Bertz CT molecular complexity index is 554. The van der Waals surface area contributed by atoms with Crippen molar-refractivity contribution in [2.75, 3.05) is 13.6 Å². The molecule has 0 radical (unpaired) electrons. The Morgan fingerprint density at radius 2 is 1.78 bits per heavy atom.